The zero-order chi connectivity index (χ0) is 13.3. The van der Waals surface area contributed by atoms with E-state index >= 15 is 0 Å². The molecule has 1 amide bonds. The Kier molecular flexibility index (Phi) is 9.14. The molecule has 0 rings (SSSR count). The predicted molar refractivity (Wildman–Crippen MR) is 74.1 cm³/mol. The minimum Gasteiger partial charge on any atom is -0.346 e. The highest BCUT2D eigenvalue weighted by Crippen LogP contribution is 2.06. The Morgan fingerprint density at radius 2 is 1.65 bits per heavy atom. The molecule has 0 aromatic rings. The summed E-state index contributed by atoms with van der Waals surface area (Å²) >= 11 is 0. The van der Waals surface area contributed by atoms with Crippen LogP contribution in [0, 0.1) is 5.92 Å². The highest BCUT2D eigenvalue weighted by Gasteiger charge is 2.08. The van der Waals surface area contributed by atoms with Crippen molar-refractivity contribution >= 4 is 5.91 Å². The summed E-state index contributed by atoms with van der Waals surface area (Å²) in [7, 11) is 6.06. The fourth-order valence-electron chi connectivity index (χ4n) is 1.76. The van der Waals surface area contributed by atoms with Gasteiger partial charge >= 0.3 is 0 Å². The van der Waals surface area contributed by atoms with Crippen molar-refractivity contribution in [3.63, 3.8) is 0 Å². The summed E-state index contributed by atoms with van der Waals surface area (Å²) < 4.78 is 0. The molecule has 0 spiro atoms. The molecule has 0 fully saturated rings. The van der Waals surface area contributed by atoms with E-state index < -0.39 is 0 Å². The lowest BCUT2D eigenvalue weighted by Crippen LogP contribution is -2.27. The van der Waals surface area contributed by atoms with Crippen LogP contribution in [0.3, 0.4) is 0 Å². The van der Waals surface area contributed by atoms with Crippen molar-refractivity contribution in [3.8, 4) is 0 Å². The molecule has 3 heteroatoms. The summed E-state index contributed by atoms with van der Waals surface area (Å²) in [5.74, 6) is 1.03. The van der Waals surface area contributed by atoms with Crippen molar-refractivity contribution in [2.45, 2.75) is 46.0 Å². The molecule has 0 aliphatic rings. The Morgan fingerprint density at radius 1 is 1.00 bits per heavy atom. The van der Waals surface area contributed by atoms with Crippen LogP contribution in [0.1, 0.15) is 46.0 Å². The maximum atomic E-state index is 11.8. The van der Waals surface area contributed by atoms with Gasteiger partial charge in [-0.3, -0.25) is 4.79 Å². The van der Waals surface area contributed by atoms with Gasteiger partial charge in [0.1, 0.15) is 0 Å². The van der Waals surface area contributed by atoms with Gasteiger partial charge in [-0.15, -0.1) is 0 Å². The molecule has 102 valence electrons. The van der Waals surface area contributed by atoms with Crippen LogP contribution >= 0.6 is 0 Å². The fourth-order valence-corrected chi connectivity index (χ4v) is 1.76. The number of amides is 1. The van der Waals surface area contributed by atoms with Crippen LogP contribution in [-0.2, 0) is 4.79 Å². The van der Waals surface area contributed by atoms with Crippen molar-refractivity contribution in [1.29, 1.82) is 0 Å². The summed E-state index contributed by atoms with van der Waals surface area (Å²) in [6.45, 7) is 6.43. The Bertz CT molecular complexity index is 202. The van der Waals surface area contributed by atoms with E-state index in [0.717, 1.165) is 38.3 Å². The molecular weight excluding hydrogens is 212 g/mol. The molecule has 0 aromatic carbocycles. The van der Waals surface area contributed by atoms with Crippen LogP contribution in [0.2, 0.25) is 0 Å². The van der Waals surface area contributed by atoms with Gasteiger partial charge in [-0.2, -0.15) is 0 Å². The summed E-state index contributed by atoms with van der Waals surface area (Å²) in [6.07, 6.45) is 5.14. The Balaban J connectivity index is 3.53. The predicted octanol–water partition coefficient (Wildman–Crippen LogP) is 2.61. The molecular formula is C14H30N2O. The van der Waals surface area contributed by atoms with Gasteiger partial charge in [0.25, 0.3) is 0 Å². The average Bonchev–Trinajstić information content (AvgIpc) is 2.23. The van der Waals surface area contributed by atoms with E-state index in [9.17, 15) is 4.79 Å². The highest BCUT2D eigenvalue weighted by atomic mass is 16.2. The lowest BCUT2D eigenvalue weighted by atomic mass is 10.1. The highest BCUT2D eigenvalue weighted by molar-refractivity contribution is 5.75. The monoisotopic (exact) mass is 242 g/mol. The maximum absolute atomic E-state index is 11.8. The van der Waals surface area contributed by atoms with Crippen molar-refractivity contribution in [2.75, 3.05) is 34.2 Å². The molecule has 0 radical (unpaired) electrons. The molecule has 0 aliphatic heterocycles. The Morgan fingerprint density at radius 3 is 2.18 bits per heavy atom. The first-order valence-electron chi connectivity index (χ1n) is 6.82. The molecule has 3 nitrogen and oxygen atoms in total. The second-order valence-electron chi connectivity index (χ2n) is 5.61. The first-order chi connectivity index (χ1) is 7.93. The van der Waals surface area contributed by atoms with Crippen LogP contribution in [0.25, 0.3) is 0 Å². The van der Waals surface area contributed by atoms with E-state index in [1.165, 1.54) is 6.42 Å². The summed E-state index contributed by atoms with van der Waals surface area (Å²) in [6, 6.07) is 0. The lowest BCUT2D eigenvalue weighted by molar-refractivity contribution is -0.130. The second kappa shape index (κ2) is 9.46. The average molecular weight is 242 g/mol. The Labute approximate surface area is 107 Å². The minimum absolute atomic E-state index is 0.299. The van der Waals surface area contributed by atoms with Crippen molar-refractivity contribution < 1.29 is 4.79 Å². The van der Waals surface area contributed by atoms with E-state index in [1.807, 2.05) is 11.9 Å². The van der Waals surface area contributed by atoms with E-state index in [2.05, 4.69) is 32.8 Å². The fraction of sp³-hybridized carbons (Fsp3) is 0.929. The zero-order valence-corrected chi connectivity index (χ0v) is 12.3. The van der Waals surface area contributed by atoms with Gasteiger partial charge in [-0.05, 0) is 52.2 Å². The maximum Gasteiger partial charge on any atom is 0.222 e. The number of hydrogen-bond donors (Lipinski definition) is 0. The largest absolute Gasteiger partial charge is 0.346 e. The molecule has 0 saturated carbocycles. The van der Waals surface area contributed by atoms with Crippen molar-refractivity contribution in [2.24, 2.45) is 5.92 Å². The van der Waals surface area contributed by atoms with Crippen molar-refractivity contribution in [1.82, 2.24) is 9.80 Å². The van der Waals surface area contributed by atoms with Crippen LogP contribution in [0.15, 0.2) is 0 Å². The normalized spacial score (nSPS) is 11.2. The van der Waals surface area contributed by atoms with Gasteiger partial charge < -0.3 is 9.80 Å². The van der Waals surface area contributed by atoms with Gasteiger partial charge in [-0.25, -0.2) is 0 Å². The van der Waals surface area contributed by atoms with Gasteiger partial charge in [0.2, 0.25) is 5.91 Å². The quantitative estimate of drug-likeness (QED) is 0.580. The third kappa shape index (κ3) is 10.3. The second-order valence-corrected chi connectivity index (χ2v) is 5.61. The number of rotatable bonds is 9. The van der Waals surface area contributed by atoms with Gasteiger partial charge in [-0.1, -0.05) is 13.8 Å². The molecule has 0 N–H and O–H groups in total. The van der Waals surface area contributed by atoms with E-state index in [1.54, 1.807) is 0 Å². The Hall–Kier alpha value is -0.570. The SMILES string of the molecule is CC(C)CCCN(C)C(=O)CCCCN(C)C. The van der Waals surface area contributed by atoms with E-state index in [-0.39, 0.29) is 0 Å². The molecule has 0 aromatic heterocycles. The topological polar surface area (TPSA) is 23.6 Å². The third-order valence-electron chi connectivity index (χ3n) is 2.95. The molecule has 0 bridgehead atoms. The smallest absolute Gasteiger partial charge is 0.222 e. The van der Waals surface area contributed by atoms with Gasteiger partial charge in [0.15, 0.2) is 0 Å². The van der Waals surface area contributed by atoms with Crippen molar-refractivity contribution in [3.05, 3.63) is 0 Å². The number of hydrogen-bond acceptors (Lipinski definition) is 2. The summed E-state index contributed by atoms with van der Waals surface area (Å²) in [5, 5.41) is 0. The molecule has 0 atom stereocenters. The number of unbranched alkanes of at least 4 members (excludes halogenated alkanes) is 1. The van der Waals surface area contributed by atoms with Crippen LogP contribution < -0.4 is 0 Å². The van der Waals surface area contributed by atoms with E-state index in [0.29, 0.717) is 12.3 Å². The van der Waals surface area contributed by atoms with Gasteiger partial charge in [0.05, 0.1) is 0 Å². The molecule has 17 heavy (non-hydrogen) atoms. The summed E-state index contributed by atoms with van der Waals surface area (Å²) in [5.41, 5.74) is 0. The first-order valence-corrected chi connectivity index (χ1v) is 6.82. The summed E-state index contributed by atoms with van der Waals surface area (Å²) in [4.78, 5) is 15.8. The molecule has 0 heterocycles. The number of carbonyl (C=O) groups is 1. The number of carbonyl (C=O) groups excluding carboxylic acids is 1. The standard InChI is InChI=1S/C14H30N2O/c1-13(2)9-8-12-16(5)14(17)10-6-7-11-15(3)4/h13H,6-12H2,1-5H3. The number of nitrogens with zero attached hydrogens (tertiary/aromatic N) is 2. The van der Waals surface area contributed by atoms with Gasteiger partial charge in [0, 0.05) is 20.0 Å². The van der Waals surface area contributed by atoms with Crippen LogP contribution in [-0.4, -0.2) is 49.9 Å². The molecule has 0 aliphatic carbocycles. The molecule has 0 unspecified atom stereocenters. The third-order valence-corrected chi connectivity index (χ3v) is 2.95. The van der Waals surface area contributed by atoms with Crippen LogP contribution in [0.5, 0.6) is 0 Å². The van der Waals surface area contributed by atoms with E-state index in [4.69, 9.17) is 0 Å². The first kappa shape index (κ1) is 16.4. The van der Waals surface area contributed by atoms with Crippen LogP contribution in [0.4, 0.5) is 0 Å². The minimum atomic E-state index is 0.299. The molecule has 0 saturated heterocycles. The lowest BCUT2D eigenvalue weighted by Gasteiger charge is -2.18. The zero-order valence-electron chi connectivity index (χ0n) is 12.3.